The lowest BCUT2D eigenvalue weighted by atomic mass is 9.83. The third kappa shape index (κ3) is 2.90. The van der Waals surface area contributed by atoms with E-state index in [4.69, 9.17) is 0 Å². The van der Waals surface area contributed by atoms with Crippen molar-refractivity contribution in [1.82, 2.24) is 14.7 Å². The van der Waals surface area contributed by atoms with Crippen LogP contribution in [0.15, 0.2) is 42.7 Å². The van der Waals surface area contributed by atoms with Crippen molar-refractivity contribution in [1.29, 1.82) is 0 Å². The fourth-order valence-electron chi connectivity index (χ4n) is 3.62. The summed E-state index contributed by atoms with van der Waals surface area (Å²) < 4.78 is 1.95. The molecule has 0 radical (unpaired) electrons. The second-order valence-corrected chi connectivity index (χ2v) is 6.78. The Bertz CT molecular complexity index is 667. The van der Waals surface area contributed by atoms with Gasteiger partial charge in [0.25, 0.3) is 0 Å². The summed E-state index contributed by atoms with van der Waals surface area (Å²) in [6, 6.07) is 10.2. The van der Waals surface area contributed by atoms with E-state index in [1.54, 1.807) is 0 Å². The van der Waals surface area contributed by atoms with Gasteiger partial charge in [-0.05, 0) is 49.3 Å². The van der Waals surface area contributed by atoms with Crippen LogP contribution >= 0.6 is 0 Å². The molecule has 1 saturated heterocycles. The Morgan fingerprint density at radius 3 is 2.43 bits per heavy atom. The maximum absolute atomic E-state index is 12.3. The van der Waals surface area contributed by atoms with Gasteiger partial charge in [0, 0.05) is 25.2 Å². The number of para-hydroxylation sites is 1. The number of aromatic nitrogens is 2. The minimum Gasteiger partial charge on any atom is -0.342 e. The lowest BCUT2D eigenvalue weighted by Crippen LogP contribution is -2.43. The average Bonchev–Trinajstić information content (AvgIpc) is 3.04. The van der Waals surface area contributed by atoms with Gasteiger partial charge in [-0.3, -0.25) is 4.79 Å². The van der Waals surface area contributed by atoms with E-state index >= 15 is 0 Å². The molecule has 0 bridgehead atoms. The number of hydrogen-bond donors (Lipinski definition) is 0. The number of carbonyl (C=O) groups is 1. The van der Waals surface area contributed by atoms with E-state index in [1.807, 2.05) is 29.1 Å². The van der Waals surface area contributed by atoms with Gasteiger partial charge in [-0.2, -0.15) is 5.10 Å². The van der Waals surface area contributed by atoms with Crippen LogP contribution in [0.3, 0.4) is 0 Å². The molecule has 2 aromatic rings. The number of benzene rings is 1. The van der Waals surface area contributed by atoms with Crippen molar-refractivity contribution in [3.05, 3.63) is 48.3 Å². The number of hydrogen-bond acceptors (Lipinski definition) is 2. The van der Waals surface area contributed by atoms with E-state index in [9.17, 15) is 4.79 Å². The summed E-state index contributed by atoms with van der Waals surface area (Å²) in [5.74, 6) is 1.25. The highest BCUT2D eigenvalue weighted by Crippen LogP contribution is 2.32. The fraction of sp³-hybridized carbons (Fsp3) is 0.474. The van der Waals surface area contributed by atoms with Gasteiger partial charge in [-0.15, -0.1) is 0 Å². The van der Waals surface area contributed by atoms with Crippen LogP contribution in [0.2, 0.25) is 0 Å². The molecule has 23 heavy (non-hydrogen) atoms. The number of rotatable bonds is 3. The monoisotopic (exact) mass is 309 g/mol. The number of carbonyl (C=O) groups excluding carboxylic acids is 1. The quantitative estimate of drug-likeness (QED) is 0.872. The second-order valence-electron chi connectivity index (χ2n) is 6.78. The predicted molar refractivity (Wildman–Crippen MR) is 89.5 cm³/mol. The molecule has 120 valence electrons. The third-order valence-corrected chi connectivity index (χ3v) is 5.36. The molecule has 1 aliphatic heterocycles. The summed E-state index contributed by atoms with van der Waals surface area (Å²) in [5.41, 5.74) is 2.39. The summed E-state index contributed by atoms with van der Waals surface area (Å²) in [4.78, 5) is 14.4. The molecular formula is C19H23N3O. The molecule has 2 aliphatic rings. The molecule has 2 heterocycles. The molecule has 4 heteroatoms. The summed E-state index contributed by atoms with van der Waals surface area (Å²) in [7, 11) is 0. The third-order valence-electron chi connectivity index (χ3n) is 5.36. The molecule has 0 spiro atoms. The highest BCUT2D eigenvalue weighted by atomic mass is 16.2. The van der Waals surface area contributed by atoms with Gasteiger partial charge in [0.15, 0.2) is 0 Å². The fourth-order valence-corrected chi connectivity index (χ4v) is 3.62. The zero-order valence-electron chi connectivity index (χ0n) is 13.4. The Hall–Kier alpha value is -2.10. The summed E-state index contributed by atoms with van der Waals surface area (Å²) in [5, 5.41) is 4.50. The van der Waals surface area contributed by atoms with Crippen LogP contribution in [-0.2, 0) is 4.79 Å². The Morgan fingerprint density at radius 2 is 1.78 bits per heavy atom. The first-order valence-corrected chi connectivity index (χ1v) is 8.70. The highest BCUT2D eigenvalue weighted by Gasteiger charge is 2.32. The molecule has 1 aromatic heterocycles. The Balaban J connectivity index is 1.39. The first-order valence-electron chi connectivity index (χ1n) is 8.70. The molecule has 2 fully saturated rings. The van der Waals surface area contributed by atoms with Gasteiger partial charge >= 0.3 is 0 Å². The molecule has 0 unspecified atom stereocenters. The van der Waals surface area contributed by atoms with E-state index in [2.05, 4.69) is 28.3 Å². The minimum atomic E-state index is 0.326. The summed E-state index contributed by atoms with van der Waals surface area (Å²) in [6.07, 6.45) is 9.67. The largest absolute Gasteiger partial charge is 0.342 e. The van der Waals surface area contributed by atoms with Crippen LogP contribution in [0.5, 0.6) is 0 Å². The molecule has 0 N–H and O–H groups in total. The SMILES string of the molecule is O=C(C1CCC1)N1CCC(c2cnn(-c3ccccc3)c2)CC1. The van der Waals surface area contributed by atoms with Crippen LogP contribution in [0.4, 0.5) is 0 Å². The van der Waals surface area contributed by atoms with Gasteiger partial charge in [-0.1, -0.05) is 24.6 Å². The standard InChI is InChI=1S/C19H23N3O/c23-19(16-5-4-6-16)21-11-9-15(10-12-21)17-13-20-22(14-17)18-7-2-1-3-8-18/h1-3,7-8,13-16H,4-6,9-12H2. The molecule has 1 amide bonds. The number of likely N-dealkylation sites (tertiary alicyclic amines) is 1. The van der Waals surface area contributed by atoms with Gasteiger partial charge in [0.1, 0.15) is 0 Å². The minimum absolute atomic E-state index is 0.326. The lowest BCUT2D eigenvalue weighted by molar-refractivity contribution is -0.139. The van der Waals surface area contributed by atoms with Crippen molar-refractivity contribution < 1.29 is 4.79 Å². The van der Waals surface area contributed by atoms with Crippen molar-refractivity contribution in [3.63, 3.8) is 0 Å². The van der Waals surface area contributed by atoms with Crippen LogP contribution in [0, 0.1) is 5.92 Å². The summed E-state index contributed by atoms with van der Waals surface area (Å²) >= 11 is 0. The molecular weight excluding hydrogens is 286 g/mol. The number of nitrogens with zero attached hydrogens (tertiary/aromatic N) is 3. The van der Waals surface area contributed by atoms with E-state index in [1.165, 1.54) is 12.0 Å². The molecule has 4 rings (SSSR count). The number of amides is 1. The van der Waals surface area contributed by atoms with Crippen LogP contribution in [0.25, 0.3) is 5.69 Å². The average molecular weight is 309 g/mol. The normalized spacial score (nSPS) is 19.6. The summed E-state index contributed by atoms with van der Waals surface area (Å²) in [6.45, 7) is 1.80. The maximum Gasteiger partial charge on any atom is 0.225 e. The van der Waals surface area contributed by atoms with Crippen molar-refractivity contribution in [2.24, 2.45) is 5.92 Å². The molecule has 4 nitrogen and oxygen atoms in total. The van der Waals surface area contributed by atoms with Crippen LogP contribution in [-0.4, -0.2) is 33.7 Å². The zero-order chi connectivity index (χ0) is 15.6. The van der Waals surface area contributed by atoms with Crippen molar-refractivity contribution in [2.75, 3.05) is 13.1 Å². The highest BCUT2D eigenvalue weighted by molar-refractivity contribution is 5.79. The Morgan fingerprint density at radius 1 is 1.04 bits per heavy atom. The first-order chi connectivity index (χ1) is 11.3. The first kappa shape index (κ1) is 14.5. The molecule has 1 aliphatic carbocycles. The smallest absolute Gasteiger partial charge is 0.225 e. The van der Waals surface area contributed by atoms with E-state index in [0.717, 1.165) is 44.5 Å². The van der Waals surface area contributed by atoms with Crippen molar-refractivity contribution in [2.45, 2.75) is 38.0 Å². The maximum atomic E-state index is 12.3. The predicted octanol–water partition coefficient (Wildman–Crippen LogP) is 3.38. The van der Waals surface area contributed by atoms with Crippen molar-refractivity contribution in [3.8, 4) is 5.69 Å². The zero-order valence-corrected chi connectivity index (χ0v) is 13.4. The van der Waals surface area contributed by atoms with Gasteiger partial charge in [0.05, 0.1) is 11.9 Å². The van der Waals surface area contributed by atoms with Gasteiger partial charge < -0.3 is 4.90 Å². The van der Waals surface area contributed by atoms with Gasteiger partial charge in [-0.25, -0.2) is 4.68 Å². The molecule has 1 saturated carbocycles. The van der Waals surface area contributed by atoms with Gasteiger partial charge in [0.2, 0.25) is 5.91 Å². The molecule has 1 aromatic carbocycles. The Labute approximate surface area is 137 Å². The number of piperidine rings is 1. The van der Waals surface area contributed by atoms with E-state index < -0.39 is 0 Å². The lowest BCUT2D eigenvalue weighted by Gasteiger charge is -2.36. The van der Waals surface area contributed by atoms with Crippen LogP contribution in [0.1, 0.15) is 43.6 Å². The van der Waals surface area contributed by atoms with Crippen LogP contribution < -0.4 is 0 Å². The second kappa shape index (κ2) is 6.19. The van der Waals surface area contributed by atoms with Crippen molar-refractivity contribution >= 4 is 5.91 Å². The van der Waals surface area contributed by atoms with E-state index in [-0.39, 0.29) is 0 Å². The Kier molecular flexibility index (Phi) is 3.90. The molecule has 0 atom stereocenters. The van der Waals surface area contributed by atoms with E-state index in [0.29, 0.717) is 17.7 Å². The topological polar surface area (TPSA) is 38.1 Å².